The van der Waals surface area contributed by atoms with E-state index in [-0.39, 0.29) is 23.2 Å². The Hall–Kier alpha value is -3.45. The van der Waals surface area contributed by atoms with Crippen molar-refractivity contribution in [2.75, 3.05) is 13.1 Å². The van der Waals surface area contributed by atoms with Gasteiger partial charge in [0.05, 0.1) is 5.56 Å². The van der Waals surface area contributed by atoms with Gasteiger partial charge in [-0.25, -0.2) is 8.78 Å². The largest absolute Gasteiger partial charge is 0.470 e. The Labute approximate surface area is 215 Å². The van der Waals surface area contributed by atoms with E-state index in [0.29, 0.717) is 56.1 Å². The zero-order valence-electron chi connectivity index (χ0n) is 19.9. The van der Waals surface area contributed by atoms with E-state index < -0.39 is 46.3 Å². The molecule has 2 aromatic carbocycles. The number of alkyl halides is 6. The first-order chi connectivity index (χ1) is 18.1. The summed E-state index contributed by atoms with van der Waals surface area (Å²) < 4.78 is 115. The number of H-pyrrole nitrogens is 1. The van der Waals surface area contributed by atoms with Crippen LogP contribution in [0.25, 0.3) is 11.1 Å². The molecule has 0 amide bonds. The number of aromatic nitrogens is 1. The number of aromatic amines is 1. The highest BCUT2D eigenvalue weighted by Gasteiger charge is 2.71. The molecule has 0 aliphatic carbocycles. The molecule has 208 valence electrons. The van der Waals surface area contributed by atoms with Gasteiger partial charge in [0, 0.05) is 49.7 Å². The fourth-order valence-corrected chi connectivity index (χ4v) is 5.22. The molecule has 2 aliphatic rings. The van der Waals surface area contributed by atoms with Crippen LogP contribution < -0.4 is 10.3 Å². The van der Waals surface area contributed by atoms with Crippen molar-refractivity contribution in [2.45, 2.75) is 42.9 Å². The Balaban J connectivity index is 1.34. The minimum Gasteiger partial charge on any atom is -0.470 e. The van der Waals surface area contributed by atoms with Crippen molar-refractivity contribution >= 4 is 0 Å². The van der Waals surface area contributed by atoms with Crippen LogP contribution in [0.2, 0.25) is 0 Å². The number of nitrogens with one attached hydrogen (secondary N) is 1. The van der Waals surface area contributed by atoms with Gasteiger partial charge in [-0.05, 0) is 29.3 Å². The number of nitrogens with zero attached hydrogens (tertiary/aromatic N) is 1. The zero-order chi connectivity index (χ0) is 28.4. The maximum Gasteiger partial charge on any atom is 0.430 e. The quantitative estimate of drug-likeness (QED) is 0.430. The number of fused-ring (bicyclic) bond motifs is 1. The lowest BCUT2D eigenvalue weighted by Gasteiger charge is -2.32. The van der Waals surface area contributed by atoms with E-state index in [1.54, 1.807) is 6.07 Å². The molecule has 1 saturated heterocycles. The number of pyridine rings is 1. The molecule has 0 radical (unpaired) electrons. The molecule has 0 bridgehead atoms. The maximum atomic E-state index is 15.0. The molecule has 1 fully saturated rings. The van der Waals surface area contributed by atoms with Crippen LogP contribution in [0, 0.1) is 11.6 Å². The van der Waals surface area contributed by atoms with Crippen LogP contribution in [0.5, 0.6) is 5.88 Å². The molecule has 1 spiro atoms. The van der Waals surface area contributed by atoms with E-state index in [1.165, 1.54) is 6.07 Å². The number of benzene rings is 2. The average molecular weight is 560 g/mol. The summed E-state index contributed by atoms with van der Waals surface area (Å²) in [4.78, 5) is 16.1. The first-order valence-corrected chi connectivity index (χ1v) is 11.7. The van der Waals surface area contributed by atoms with Gasteiger partial charge < -0.3 is 9.84 Å². The van der Waals surface area contributed by atoms with Crippen LogP contribution in [0.4, 0.5) is 35.1 Å². The molecule has 1 unspecified atom stereocenters. The van der Waals surface area contributed by atoms with Crippen molar-refractivity contribution in [2.24, 2.45) is 0 Å². The summed E-state index contributed by atoms with van der Waals surface area (Å²) in [6.07, 6.45) is -11.0. The average Bonchev–Trinajstić information content (AvgIpc) is 3.38. The minimum absolute atomic E-state index is 0.148. The summed E-state index contributed by atoms with van der Waals surface area (Å²) >= 11 is 0. The summed E-state index contributed by atoms with van der Waals surface area (Å²) in [6, 6.07) is 7.21. The van der Waals surface area contributed by atoms with Crippen LogP contribution in [0.3, 0.4) is 0 Å². The molecule has 2 N–H and O–H groups in total. The number of hydrogen-bond donors (Lipinski definition) is 2. The maximum absolute atomic E-state index is 15.0. The van der Waals surface area contributed by atoms with E-state index in [4.69, 9.17) is 4.74 Å². The predicted molar refractivity (Wildman–Crippen MR) is 122 cm³/mol. The zero-order valence-corrected chi connectivity index (χ0v) is 19.9. The number of halogens is 8. The van der Waals surface area contributed by atoms with E-state index in [0.717, 1.165) is 17.7 Å². The number of likely N-dealkylation sites (tertiary alicyclic amines) is 1. The van der Waals surface area contributed by atoms with Gasteiger partial charge in [0.25, 0.3) is 11.2 Å². The molecule has 0 saturated carbocycles. The fraction of sp³-hybridized carbons (Fsp3) is 0.346. The third-order valence-electron chi connectivity index (χ3n) is 7.11. The summed E-state index contributed by atoms with van der Waals surface area (Å²) in [5.74, 6) is -1.72. The molecule has 5 rings (SSSR count). The van der Waals surface area contributed by atoms with Gasteiger partial charge in [-0.1, -0.05) is 24.3 Å². The normalized spacial score (nSPS) is 19.9. The fourth-order valence-electron chi connectivity index (χ4n) is 5.22. The van der Waals surface area contributed by atoms with Crippen molar-refractivity contribution < 1.29 is 45.0 Å². The Kier molecular flexibility index (Phi) is 6.30. The first-order valence-electron chi connectivity index (χ1n) is 11.7. The highest BCUT2D eigenvalue weighted by Crippen LogP contribution is 2.50. The lowest BCUT2D eigenvalue weighted by atomic mass is 9.90. The Morgan fingerprint density at radius 3 is 2.15 bits per heavy atom. The Morgan fingerprint density at radius 2 is 1.56 bits per heavy atom. The topological polar surface area (TPSA) is 65.6 Å². The van der Waals surface area contributed by atoms with Crippen molar-refractivity contribution in [1.29, 1.82) is 0 Å². The highest BCUT2D eigenvalue weighted by molar-refractivity contribution is 5.66. The van der Waals surface area contributed by atoms with Crippen molar-refractivity contribution in [1.82, 2.24) is 9.88 Å². The SMILES string of the molecule is O=c1ccc2c([nH]1)OC1(CCN(Cc3cc(F)c(-c4ccc(C(O)(C(F)(F)F)C(F)(F)F)cc4)c(F)c3)C1)C2. The molecule has 1 atom stereocenters. The third kappa shape index (κ3) is 4.67. The van der Waals surface area contributed by atoms with E-state index in [1.807, 2.05) is 4.90 Å². The van der Waals surface area contributed by atoms with E-state index in [9.17, 15) is 45.0 Å². The molecule has 3 aromatic rings. The van der Waals surface area contributed by atoms with Crippen LogP contribution in [0.1, 0.15) is 23.1 Å². The number of ether oxygens (including phenoxy) is 1. The lowest BCUT2D eigenvalue weighted by Crippen LogP contribution is -2.53. The monoisotopic (exact) mass is 560 g/mol. The van der Waals surface area contributed by atoms with E-state index in [2.05, 4.69) is 4.98 Å². The number of aliphatic hydroxyl groups is 1. The van der Waals surface area contributed by atoms with Crippen molar-refractivity contribution in [3.8, 4) is 17.0 Å². The smallest absolute Gasteiger partial charge is 0.430 e. The van der Waals surface area contributed by atoms with Gasteiger partial charge in [-0.15, -0.1) is 0 Å². The van der Waals surface area contributed by atoms with Gasteiger partial charge in [0.1, 0.15) is 17.2 Å². The van der Waals surface area contributed by atoms with Gasteiger partial charge >= 0.3 is 12.4 Å². The van der Waals surface area contributed by atoms with Crippen molar-refractivity contribution in [3.63, 3.8) is 0 Å². The number of rotatable bonds is 4. The van der Waals surface area contributed by atoms with Crippen molar-refractivity contribution in [3.05, 3.63) is 87.2 Å². The standard InChI is InChI=1S/C26H20F8N2O3/c27-18-9-14(12-36-8-7-23(13-36)11-16-3-6-20(37)35-22(16)39-23)10-19(28)21(18)15-1-4-17(5-2-15)24(38,25(29,30)31)26(32,33)34/h1-6,9-10,38H,7-8,11-13H2,(H,35,37). The molecule has 1 aromatic heterocycles. The van der Waals surface area contributed by atoms with Crippen LogP contribution >= 0.6 is 0 Å². The van der Waals surface area contributed by atoms with Crippen LogP contribution in [-0.4, -0.2) is 46.0 Å². The molecule has 13 heteroatoms. The molecule has 5 nitrogen and oxygen atoms in total. The van der Waals surface area contributed by atoms with E-state index >= 15 is 0 Å². The first kappa shape index (κ1) is 27.1. The third-order valence-corrected chi connectivity index (χ3v) is 7.11. The Bertz CT molecular complexity index is 1430. The van der Waals surface area contributed by atoms with Gasteiger partial charge in [-0.2, -0.15) is 26.3 Å². The lowest BCUT2D eigenvalue weighted by molar-refractivity contribution is -0.376. The summed E-state index contributed by atoms with van der Waals surface area (Å²) in [5, 5.41) is 9.51. The highest BCUT2D eigenvalue weighted by atomic mass is 19.4. The summed E-state index contributed by atoms with van der Waals surface area (Å²) in [5.41, 5.74) is -7.39. The van der Waals surface area contributed by atoms with Crippen LogP contribution in [-0.2, 0) is 18.6 Å². The number of hydrogen-bond acceptors (Lipinski definition) is 4. The molecule has 39 heavy (non-hydrogen) atoms. The van der Waals surface area contributed by atoms with Gasteiger partial charge in [-0.3, -0.25) is 14.7 Å². The van der Waals surface area contributed by atoms with Crippen LogP contribution in [0.15, 0.2) is 53.3 Å². The molecular formula is C26H20F8N2O3. The summed E-state index contributed by atoms with van der Waals surface area (Å²) in [7, 11) is 0. The second-order valence-corrected chi connectivity index (χ2v) is 9.82. The molecular weight excluding hydrogens is 540 g/mol. The minimum atomic E-state index is -6.08. The summed E-state index contributed by atoms with van der Waals surface area (Å²) in [6.45, 7) is 1.12. The molecule has 3 heterocycles. The Morgan fingerprint density at radius 1 is 0.949 bits per heavy atom. The predicted octanol–water partition coefficient (Wildman–Crippen LogP) is 5.21. The second kappa shape index (κ2) is 9.05. The van der Waals surface area contributed by atoms with Gasteiger partial charge in [0.2, 0.25) is 0 Å². The molecule has 2 aliphatic heterocycles. The van der Waals surface area contributed by atoms with Gasteiger partial charge in [0.15, 0.2) is 5.88 Å². The second-order valence-electron chi connectivity index (χ2n) is 9.82.